The van der Waals surface area contributed by atoms with E-state index in [4.69, 9.17) is 5.73 Å². The molecule has 1 unspecified atom stereocenters. The Kier molecular flexibility index (Phi) is 3.15. The molecule has 9 heavy (non-hydrogen) atoms. The highest BCUT2D eigenvalue weighted by Gasteiger charge is 2.21. The van der Waals surface area contributed by atoms with E-state index in [9.17, 15) is 0 Å². The minimum Gasteiger partial charge on any atom is -0.329 e. The molecule has 2 nitrogen and oxygen atoms in total. The molecule has 2 radical (unpaired) electrons. The van der Waals surface area contributed by atoms with Gasteiger partial charge in [-0.1, -0.05) is 6.92 Å². The average molecular weight is 128 g/mol. The molecule has 0 saturated carbocycles. The molecule has 0 saturated heterocycles. The Balaban J connectivity index is 3.92. The second kappa shape index (κ2) is 3.18. The van der Waals surface area contributed by atoms with Crippen LogP contribution >= 0.6 is 0 Å². The molecule has 0 aromatic heterocycles. The van der Waals surface area contributed by atoms with Crippen molar-refractivity contribution in [3.63, 3.8) is 0 Å². The van der Waals surface area contributed by atoms with Crippen LogP contribution in [-0.4, -0.2) is 31.1 Å². The third kappa shape index (κ3) is 1.95. The van der Waals surface area contributed by atoms with Gasteiger partial charge in [-0.2, -0.15) is 0 Å². The zero-order chi connectivity index (χ0) is 7.49. The Labute approximate surface area is 58.0 Å². The van der Waals surface area contributed by atoms with Gasteiger partial charge < -0.3 is 10.6 Å². The van der Waals surface area contributed by atoms with Crippen molar-refractivity contribution < 1.29 is 0 Å². The molecular weight excluding hydrogens is 112 g/mol. The molecule has 0 aromatic carbocycles. The van der Waals surface area contributed by atoms with E-state index in [-0.39, 0.29) is 5.54 Å². The van der Waals surface area contributed by atoms with Crippen molar-refractivity contribution in [1.82, 2.24) is 4.90 Å². The Morgan fingerprint density at radius 1 is 1.56 bits per heavy atom. The molecule has 0 aliphatic heterocycles. The molecule has 0 aromatic rings. The van der Waals surface area contributed by atoms with Crippen molar-refractivity contribution >= 4 is 0 Å². The molecule has 1 atom stereocenters. The SMILES string of the molecule is [CH2]CC([CH2])(CN)N(C)C. The monoisotopic (exact) mass is 128 g/mol. The number of hydrogen-bond acceptors (Lipinski definition) is 2. The highest BCUT2D eigenvalue weighted by molar-refractivity contribution is 4.91. The predicted octanol–water partition coefficient (Wildman–Crippen LogP) is 0.304. The van der Waals surface area contributed by atoms with Gasteiger partial charge in [-0.3, -0.25) is 0 Å². The lowest BCUT2D eigenvalue weighted by Gasteiger charge is -2.33. The van der Waals surface area contributed by atoms with E-state index in [1.807, 2.05) is 19.0 Å². The van der Waals surface area contributed by atoms with E-state index < -0.39 is 0 Å². The first-order valence-electron chi connectivity index (χ1n) is 3.09. The van der Waals surface area contributed by atoms with Crippen molar-refractivity contribution in [3.05, 3.63) is 13.8 Å². The van der Waals surface area contributed by atoms with Crippen LogP contribution < -0.4 is 5.73 Å². The minimum absolute atomic E-state index is 0.167. The van der Waals surface area contributed by atoms with Gasteiger partial charge in [-0.05, 0) is 27.4 Å². The van der Waals surface area contributed by atoms with Crippen molar-refractivity contribution in [2.45, 2.75) is 12.0 Å². The van der Waals surface area contributed by atoms with Crippen LogP contribution in [0, 0.1) is 13.8 Å². The fourth-order valence-corrected chi connectivity index (χ4v) is 0.508. The highest BCUT2D eigenvalue weighted by Crippen LogP contribution is 2.11. The molecule has 0 spiro atoms. The van der Waals surface area contributed by atoms with Crippen LogP contribution in [0.2, 0.25) is 0 Å². The Bertz CT molecular complexity index is 75.0. The summed E-state index contributed by atoms with van der Waals surface area (Å²) in [6.07, 6.45) is 0.747. The number of nitrogens with zero attached hydrogens (tertiary/aromatic N) is 1. The second-order valence-corrected chi connectivity index (χ2v) is 2.57. The average Bonchev–Trinajstić information content (AvgIpc) is 1.86. The summed E-state index contributed by atoms with van der Waals surface area (Å²) in [5.74, 6) is 0. The van der Waals surface area contributed by atoms with Crippen LogP contribution in [0.4, 0.5) is 0 Å². The van der Waals surface area contributed by atoms with Gasteiger partial charge in [-0.15, -0.1) is 0 Å². The van der Waals surface area contributed by atoms with Gasteiger partial charge in [0.1, 0.15) is 0 Å². The molecular formula is C7H16N2. The number of hydrogen-bond donors (Lipinski definition) is 1. The summed E-state index contributed by atoms with van der Waals surface area (Å²) in [5.41, 5.74) is 5.31. The van der Waals surface area contributed by atoms with Crippen LogP contribution in [-0.2, 0) is 0 Å². The lowest BCUT2D eigenvalue weighted by molar-refractivity contribution is 0.214. The van der Waals surface area contributed by atoms with E-state index in [1.165, 1.54) is 0 Å². The first-order chi connectivity index (χ1) is 4.06. The molecule has 0 heterocycles. The van der Waals surface area contributed by atoms with Crippen LogP contribution in [0.1, 0.15) is 6.42 Å². The number of rotatable bonds is 3. The largest absolute Gasteiger partial charge is 0.329 e. The number of nitrogens with two attached hydrogens (primary N) is 1. The molecule has 0 bridgehead atoms. The topological polar surface area (TPSA) is 29.3 Å². The summed E-state index contributed by atoms with van der Waals surface area (Å²) in [6, 6.07) is 0. The zero-order valence-electron chi connectivity index (χ0n) is 6.35. The van der Waals surface area contributed by atoms with Gasteiger partial charge in [0.25, 0.3) is 0 Å². The molecule has 0 aliphatic carbocycles. The smallest absolute Gasteiger partial charge is 0.0326 e. The van der Waals surface area contributed by atoms with Gasteiger partial charge in [0.15, 0.2) is 0 Å². The Hall–Kier alpha value is -0.0800. The molecule has 2 heteroatoms. The van der Waals surface area contributed by atoms with Gasteiger partial charge in [-0.25, -0.2) is 0 Å². The Morgan fingerprint density at radius 2 is 2.00 bits per heavy atom. The van der Waals surface area contributed by atoms with Gasteiger partial charge in [0.2, 0.25) is 0 Å². The molecule has 0 rings (SSSR count). The normalized spacial score (nSPS) is 18.0. The zero-order valence-corrected chi connectivity index (χ0v) is 6.35. The van der Waals surface area contributed by atoms with Crippen molar-refractivity contribution in [1.29, 1.82) is 0 Å². The van der Waals surface area contributed by atoms with Gasteiger partial charge in [0, 0.05) is 12.1 Å². The van der Waals surface area contributed by atoms with Crippen molar-refractivity contribution in [3.8, 4) is 0 Å². The summed E-state index contributed by atoms with van der Waals surface area (Å²) in [5, 5.41) is 0. The Morgan fingerprint density at radius 3 is 2.00 bits per heavy atom. The van der Waals surface area contributed by atoms with Crippen LogP contribution in [0.3, 0.4) is 0 Å². The summed E-state index contributed by atoms with van der Waals surface area (Å²) in [4.78, 5) is 2.00. The summed E-state index contributed by atoms with van der Waals surface area (Å²) >= 11 is 0. The lowest BCUT2D eigenvalue weighted by Crippen LogP contribution is -2.47. The lowest BCUT2D eigenvalue weighted by atomic mass is 9.98. The van der Waals surface area contributed by atoms with Crippen molar-refractivity contribution in [2.75, 3.05) is 20.6 Å². The third-order valence-electron chi connectivity index (χ3n) is 1.79. The fraction of sp³-hybridized carbons (Fsp3) is 0.714. The maximum atomic E-state index is 5.47. The fourth-order valence-electron chi connectivity index (χ4n) is 0.508. The number of likely N-dealkylation sites (N-methyl/N-ethyl adjacent to an activating group) is 1. The molecule has 0 aliphatic rings. The van der Waals surface area contributed by atoms with Gasteiger partial charge >= 0.3 is 0 Å². The van der Waals surface area contributed by atoms with Crippen LogP contribution in [0.5, 0.6) is 0 Å². The van der Waals surface area contributed by atoms with E-state index in [1.54, 1.807) is 0 Å². The van der Waals surface area contributed by atoms with E-state index >= 15 is 0 Å². The third-order valence-corrected chi connectivity index (χ3v) is 1.79. The summed E-state index contributed by atoms with van der Waals surface area (Å²) < 4.78 is 0. The van der Waals surface area contributed by atoms with Crippen LogP contribution in [0.15, 0.2) is 0 Å². The maximum absolute atomic E-state index is 5.47. The highest BCUT2D eigenvalue weighted by atomic mass is 15.1. The van der Waals surface area contributed by atoms with Crippen molar-refractivity contribution in [2.24, 2.45) is 5.73 Å². The standard InChI is InChI=1S/C7H16N2/c1-5-7(2,6-8)9(3)4/h1-2,5-6,8H2,3-4H3. The van der Waals surface area contributed by atoms with Crippen LogP contribution in [0.25, 0.3) is 0 Å². The first-order valence-corrected chi connectivity index (χ1v) is 3.09. The van der Waals surface area contributed by atoms with Gasteiger partial charge in [0.05, 0.1) is 0 Å². The second-order valence-electron chi connectivity index (χ2n) is 2.57. The maximum Gasteiger partial charge on any atom is 0.0326 e. The molecule has 54 valence electrons. The summed E-state index contributed by atoms with van der Waals surface area (Å²) in [7, 11) is 3.93. The minimum atomic E-state index is -0.167. The van der Waals surface area contributed by atoms with E-state index in [0.29, 0.717) is 6.54 Å². The van der Waals surface area contributed by atoms with E-state index in [0.717, 1.165) is 6.42 Å². The quantitative estimate of drug-likeness (QED) is 0.592. The molecule has 0 fully saturated rings. The van der Waals surface area contributed by atoms with E-state index in [2.05, 4.69) is 13.8 Å². The molecule has 0 amide bonds. The summed E-state index contributed by atoms with van der Waals surface area (Å²) in [6.45, 7) is 8.27. The predicted molar refractivity (Wildman–Crippen MR) is 40.8 cm³/mol. The molecule has 2 N–H and O–H groups in total. The first kappa shape index (κ1) is 8.92.